The van der Waals surface area contributed by atoms with Crippen LogP contribution in [-0.4, -0.2) is 4.98 Å². The molecule has 0 aliphatic heterocycles. The van der Waals surface area contributed by atoms with Crippen LogP contribution in [0.4, 0.5) is 0 Å². The summed E-state index contributed by atoms with van der Waals surface area (Å²) in [6.07, 6.45) is 3.55. The number of aryl methyl sites for hydroxylation is 1. The van der Waals surface area contributed by atoms with Gasteiger partial charge in [-0.1, -0.05) is 22.9 Å². The number of aromatic nitrogens is 1. The first-order chi connectivity index (χ1) is 8.13. The minimum absolute atomic E-state index is 0.789. The summed E-state index contributed by atoms with van der Waals surface area (Å²) in [5.41, 5.74) is 3.81. The van der Waals surface area contributed by atoms with E-state index in [0.29, 0.717) is 0 Å². The zero-order valence-corrected chi connectivity index (χ0v) is 12.8. The molecule has 3 rings (SSSR count). The molecule has 0 unspecified atom stereocenters. The molecular weight excluding hydrogens is 342 g/mol. The molecule has 0 spiro atoms. The second-order valence-electron chi connectivity index (χ2n) is 4.90. The van der Waals surface area contributed by atoms with Crippen molar-refractivity contribution in [3.05, 3.63) is 38.4 Å². The maximum Gasteiger partial charge on any atom is 0.0848 e. The lowest BCUT2D eigenvalue weighted by atomic mass is 9.87. The molecule has 1 aliphatic carbocycles. The van der Waals surface area contributed by atoms with Crippen molar-refractivity contribution in [2.75, 3.05) is 0 Å². The van der Waals surface area contributed by atoms with Crippen LogP contribution in [0.3, 0.4) is 0 Å². The number of fused-ring (bicyclic) bond motifs is 2. The first kappa shape index (κ1) is 11.7. The highest BCUT2D eigenvalue weighted by atomic mass is 79.9. The molecule has 88 valence electrons. The lowest BCUT2D eigenvalue weighted by Gasteiger charge is -2.21. The Bertz CT molecular complexity index is 592. The number of hydrogen-bond acceptors (Lipinski definition) is 1. The molecule has 0 N–H and O–H groups in total. The van der Waals surface area contributed by atoms with E-state index in [1.54, 1.807) is 0 Å². The maximum absolute atomic E-state index is 4.82. The van der Waals surface area contributed by atoms with Gasteiger partial charge in [-0.3, -0.25) is 4.98 Å². The molecule has 1 aliphatic rings. The van der Waals surface area contributed by atoms with E-state index in [2.05, 4.69) is 57.0 Å². The van der Waals surface area contributed by atoms with Crippen LogP contribution < -0.4 is 0 Å². The van der Waals surface area contributed by atoms with Crippen molar-refractivity contribution in [2.45, 2.75) is 26.2 Å². The van der Waals surface area contributed by atoms with Gasteiger partial charge in [-0.15, -0.1) is 0 Å². The number of hydrogen-bond donors (Lipinski definition) is 0. The van der Waals surface area contributed by atoms with Gasteiger partial charge in [-0.25, -0.2) is 0 Å². The molecule has 1 nitrogen and oxygen atoms in total. The average Bonchev–Trinajstić information content (AvgIpc) is 2.26. The molecule has 1 aromatic heterocycles. The third-order valence-electron chi connectivity index (χ3n) is 3.45. The van der Waals surface area contributed by atoms with Crippen molar-refractivity contribution < 1.29 is 0 Å². The van der Waals surface area contributed by atoms with E-state index < -0.39 is 0 Å². The Morgan fingerprint density at radius 2 is 2.06 bits per heavy atom. The van der Waals surface area contributed by atoms with Gasteiger partial charge in [0.1, 0.15) is 0 Å². The summed E-state index contributed by atoms with van der Waals surface area (Å²) in [4.78, 5) is 4.82. The normalized spacial score (nSPS) is 19.4. The maximum atomic E-state index is 4.82. The summed E-state index contributed by atoms with van der Waals surface area (Å²) < 4.78 is 2.17. The van der Waals surface area contributed by atoms with E-state index >= 15 is 0 Å². The Balaban J connectivity index is 2.25. The smallest absolute Gasteiger partial charge is 0.0848 e. The lowest BCUT2D eigenvalue weighted by molar-refractivity contribution is 0.495. The second kappa shape index (κ2) is 4.36. The molecule has 1 atom stereocenters. The fourth-order valence-electron chi connectivity index (χ4n) is 2.55. The van der Waals surface area contributed by atoms with Crippen molar-refractivity contribution in [1.82, 2.24) is 4.98 Å². The lowest BCUT2D eigenvalue weighted by Crippen LogP contribution is -2.12. The Hall–Kier alpha value is -0.410. The topological polar surface area (TPSA) is 12.9 Å². The van der Waals surface area contributed by atoms with Crippen molar-refractivity contribution >= 4 is 42.8 Å². The minimum atomic E-state index is 0.789. The predicted octanol–water partition coefficient (Wildman–Crippen LogP) is 4.88. The first-order valence-corrected chi connectivity index (χ1v) is 7.49. The van der Waals surface area contributed by atoms with Crippen molar-refractivity contribution in [1.29, 1.82) is 0 Å². The van der Waals surface area contributed by atoms with Crippen LogP contribution in [0.5, 0.6) is 0 Å². The van der Waals surface area contributed by atoms with Gasteiger partial charge in [0.25, 0.3) is 0 Å². The molecule has 1 heterocycles. The quantitative estimate of drug-likeness (QED) is 0.656. The monoisotopic (exact) mass is 353 g/mol. The van der Waals surface area contributed by atoms with E-state index in [-0.39, 0.29) is 0 Å². The van der Waals surface area contributed by atoms with Gasteiger partial charge < -0.3 is 0 Å². The first-order valence-electron chi connectivity index (χ1n) is 5.91. The highest BCUT2D eigenvalue weighted by Crippen LogP contribution is 2.32. The Morgan fingerprint density at radius 1 is 1.24 bits per heavy atom. The Morgan fingerprint density at radius 3 is 2.88 bits per heavy atom. The zero-order valence-electron chi connectivity index (χ0n) is 9.63. The summed E-state index contributed by atoms with van der Waals surface area (Å²) in [5.74, 6) is 0.789. The molecule has 0 fully saturated rings. The van der Waals surface area contributed by atoms with E-state index in [9.17, 15) is 0 Å². The van der Waals surface area contributed by atoms with Gasteiger partial charge in [0.15, 0.2) is 0 Å². The second-order valence-corrected chi connectivity index (χ2v) is 6.67. The van der Waals surface area contributed by atoms with Gasteiger partial charge in [0.2, 0.25) is 0 Å². The van der Waals surface area contributed by atoms with Crippen LogP contribution in [-0.2, 0) is 12.8 Å². The van der Waals surface area contributed by atoms with Crippen LogP contribution >= 0.6 is 31.9 Å². The third kappa shape index (κ3) is 2.15. The van der Waals surface area contributed by atoms with Crippen molar-refractivity contribution in [3.63, 3.8) is 0 Å². The molecule has 2 aromatic rings. The molecule has 0 saturated heterocycles. The molecule has 0 amide bonds. The molecule has 0 radical (unpaired) electrons. The van der Waals surface area contributed by atoms with Crippen molar-refractivity contribution in [2.24, 2.45) is 5.92 Å². The largest absolute Gasteiger partial charge is 0.251 e. The third-order valence-corrected chi connectivity index (χ3v) is 4.51. The van der Waals surface area contributed by atoms with E-state index in [1.165, 1.54) is 29.5 Å². The summed E-state index contributed by atoms with van der Waals surface area (Å²) in [6.45, 7) is 2.32. The van der Waals surface area contributed by atoms with E-state index in [0.717, 1.165) is 26.8 Å². The van der Waals surface area contributed by atoms with Crippen molar-refractivity contribution in [3.8, 4) is 0 Å². The number of benzene rings is 1. The fraction of sp³-hybridized carbons (Fsp3) is 0.357. The summed E-state index contributed by atoms with van der Waals surface area (Å²) in [5, 5.41) is 1.22. The molecule has 1 aromatic carbocycles. The van der Waals surface area contributed by atoms with Gasteiger partial charge in [-0.05, 0) is 64.9 Å². The predicted molar refractivity (Wildman–Crippen MR) is 78.3 cm³/mol. The van der Waals surface area contributed by atoms with E-state index in [4.69, 9.17) is 4.98 Å². The molecule has 0 bridgehead atoms. The van der Waals surface area contributed by atoms with Gasteiger partial charge in [-0.2, -0.15) is 0 Å². The number of nitrogens with zero attached hydrogens (tertiary/aromatic N) is 1. The number of pyridine rings is 1. The minimum Gasteiger partial charge on any atom is -0.251 e. The van der Waals surface area contributed by atoms with Gasteiger partial charge >= 0.3 is 0 Å². The summed E-state index contributed by atoms with van der Waals surface area (Å²) in [6, 6.07) is 6.52. The zero-order chi connectivity index (χ0) is 12.0. The summed E-state index contributed by atoms with van der Waals surface area (Å²) in [7, 11) is 0. The van der Waals surface area contributed by atoms with Crippen LogP contribution in [0.2, 0.25) is 0 Å². The number of halogens is 2. The standard InChI is InChI=1S/C14H13Br2N/c1-8-2-3-13-9(4-8)5-10-6-11(15)7-12(16)14(10)17-13/h5-8H,2-4H2,1H3/t8-/m0/s1. The Labute approximate surface area is 118 Å². The van der Waals surface area contributed by atoms with E-state index in [1.807, 2.05) is 0 Å². The van der Waals surface area contributed by atoms with Gasteiger partial charge in [0, 0.05) is 20.0 Å². The highest BCUT2D eigenvalue weighted by molar-refractivity contribution is 9.11. The van der Waals surface area contributed by atoms with Crippen LogP contribution in [0.15, 0.2) is 27.1 Å². The van der Waals surface area contributed by atoms with Crippen LogP contribution in [0, 0.1) is 5.92 Å². The average molecular weight is 355 g/mol. The molecule has 0 saturated carbocycles. The molecule has 17 heavy (non-hydrogen) atoms. The van der Waals surface area contributed by atoms with Gasteiger partial charge in [0.05, 0.1) is 5.52 Å². The molecule has 3 heteroatoms. The number of rotatable bonds is 0. The highest BCUT2D eigenvalue weighted by Gasteiger charge is 2.17. The van der Waals surface area contributed by atoms with Crippen LogP contribution in [0.1, 0.15) is 24.6 Å². The SMILES string of the molecule is C[C@H]1CCc2nc3c(Br)cc(Br)cc3cc2C1. The molecular formula is C14H13Br2N. The summed E-state index contributed by atoms with van der Waals surface area (Å²) >= 11 is 7.13. The Kier molecular flexibility index (Phi) is 2.99. The van der Waals surface area contributed by atoms with Crippen LogP contribution in [0.25, 0.3) is 10.9 Å². The fourth-order valence-corrected chi connectivity index (χ4v) is 3.89.